The molecular formula is C17H22BN5O. The number of fused-ring (bicyclic) bond motifs is 2. The molecule has 0 radical (unpaired) electrons. The van der Waals surface area contributed by atoms with Crippen LogP contribution >= 0.6 is 0 Å². The molecule has 124 valence electrons. The summed E-state index contributed by atoms with van der Waals surface area (Å²) in [4.78, 5) is 19.4. The van der Waals surface area contributed by atoms with E-state index in [1.165, 1.54) is 0 Å². The van der Waals surface area contributed by atoms with Crippen molar-refractivity contribution in [3.05, 3.63) is 41.7 Å². The molecule has 1 aromatic heterocycles. The molecule has 2 aliphatic heterocycles. The second kappa shape index (κ2) is 6.05. The van der Waals surface area contributed by atoms with Crippen molar-refractivity contribution in [3.8, 4) is 5.69 Å². The van der Waals surface area contributed by atoms with Crippen LogP contribution in [0.4, 0.5) is 0 Å². The van der Waals surface area contributed by atoms with Gasteiger partial charge in [0.2, 0.25) is 0 Å². The van der Waals surface area contributed by atoms with E-state index in [0.717, 1.165) is 43.6 Å². The first-order valence-corrected chi connectivity index (χ1v) is 8.62. The van der Waals surface area contributed by atoms with E-state index in [0.29, 0.717) is 17.6 Å². The van der Waals surface area contributed by atoms with Crippen molar-refractivity contribution in [1.82, 2.24) is 24.7 Å². The lowest BCUT2D eigenvalue weighted by Crippen LogP contribution is -2.43. The van der Waals surface area contributed by atoms with Gasteiger partial charge in [-0.05, 0) is 44.9 Å². The van der Waals surface area contributed by atoms with Gasteiger partial charge in [0, 0.05) is 18.6 Å². The summed E-state index contributed by atoms with van der Waals surface area (Å²) in [6, 6.07) is 6.57. The third-order valence-corrected chi connectivity index (χ3v) is 5.24. The van der Waals surface area contributed by atoms with Crippen LogP contribution in [0, 0.1) is 6.92 Å². The maximum atomic E-state index is 13.4. The summed E-state index contributed by atoms with van der Waals surface area (Å²) < 4.78 is 0. The Bertz CT molecular complexity index is 747. The van der Waals surface area contributed by atoms with Gasteiger partial charge in [0.15, 0.2) is 7.98 Å². The lowest BCUT2D eigenvalue weighted by Gasteiger charge is -2.29. The van der Waals surface area contributed by atoms with Crippen LogP contribution in [0.25, 0.3) is 5.69 Å². The lowest BCUT2D eigenvalue weighted by atomic mass is 10.1. The minimum atomic E-state index is 0.119. The van der Waals surface area contributed by atoms with Gasteiger partial charge in [-0.2, -0.15) is 15.0 Å². The van der Waals surface area contributed by atoms with Crippen molar-refractivity contribution in [1.29, 1.82) is 0 Å². The number of amides is 1. The van der Waals surface area contributed by atoms with Crippen LogP contribution < -0.4 is 0 Å². The number of hydrogen-bond acceptors (Lipinski definition) is 4. The zero-order chi connectivity index (χ0) is 16.7. The fraction of sp³-hybridized carbons (Fsp3) is 0.471. The van der Waals surface area contributed by atoms with E-state index in [-0.39, 0.29) is 5.91 Å². The minimum Gasteiger partial charge on any atom is -0.347 e. The van der Waals surface area contributed by atoms with E-state index in [2.05, 4.69) is 27.9 Å². The van der Waals surface area contributed by atoms with E-state index < -0.39 is 0 Å². The maximum absolute atomic E-state index is 13.4. The number of rotatable bonds is 2. The predicted molar refractivity (Wildman–Crippen MR) is 93.8 cm³/mol. The standard InChI is InChI=1S/C17H22BN5O/c1-12-2-5-16(23-19-7-8-20-23)15(10-12)17(24)22-13-3-4-14(22)11-21(18)9-6-13/h2,5,7-8,10,13-14H,3-4,6,9,11,18H2,1H3. The molecule has 2 unspecified atom stereocenters. The van der Waals surface area contributed by atoms with Gasteiger partial charge in [-0.15, -0.1) is 0 Å². The fourth-order valence-electron chi connectivity index (χ4n) is 4.05. The Morgan fingerprint density at radius 3 is 2.71 bits per heavy atom. The summed E-state index contributed by atoms with van der Waals surface area (Å²) in [6.45, 7) is 4.04. The van der Waals surface area contributed by atoms with E-state index in [4.69, 9.17) is 0 Å². The highest BCUT2D eigenvalue weighted by atomic mass is 16.2. The summed E-state index contributed by atoms with van der Waals surface area (Å²) in [5, 5.41) is 8.43. The summed E-state index contributed by atoms with van der Waals surface area (Å²) in [5.41, 5.74) is 2.54. The largest absolute Gasteiger partial charge is 0.347 e. The highest BCUT2D eigenvalue weighted by molar-refractivity contribution is 6.04. The lowest BCUT2D eigenvalue weighted by molar-refractivity contribution is 0.0676. The number of aromatic nitrogens is 3. The SMILES string of the molecule is BN1CCC2CCC(C1)N2C(=O)c1cc(C)ccc1-n1nccn1. The molecule has 0 spiro atoms. The number of hydrogen-bond donors (Lipinski definition) is 0. The average molecular weight is 323 g/mol. The quantitative estimate of drug-likeness (QED) is 0.768. The van der Waals surface area contributed by atoms with Crippen LogP contribution in [0.1, 0.15) is 35.2 Å². The maximum Gasteiger partial charge on any atom is 0.256 e. The molecule has 6 nitrogen and oxygen atoms in total. The van der Waals surface area contributed by atoms with Crippen LogP contribution in [0.5, 0.6) is 0 Å². The predicted octanol–water partition coefficient (Wildman–Crippen LogP) is 0.803. The van der Waals surface area contributed by atoms with Crippen LogP contribution in [0.2, 0.25) is 0 Å². The fourth-order valence-corrected chi connectivity index (χ4v) is 4.05. The average Bonchev–Trinajstić information content (AvgIpc) is 3.18. The Morgan fingerprint density at radius 2 is 1.92 bits per heavy atom. The molecule has 4 rings (SSSR count). The smallest absolute Gasteiger partial charge is 0.256 e. The minimum absolute atomic E-state index is 0.119. The highest BCUT2D eigenvalue weighted by Gasteiger charge is 2.40. The van der Waals surface area contributed by atoms with Gasteiger partial charge >= 0.3 is 0 Å². The topological polar surface area (TPSA) is 54.3 Å². The van der Waals surface area contributed by atoms with Crippen LogP contribution in [0.3, 0.4) is 0 Å². The van der Waals surface area contributed by atoms with Crippen molar-refractivity contribution in [2.24, 2.45) is 0 Å². The molecule has 1 aromatic carbocycles. The molecule has 7 heteroatoms. The van der Waals surface area contributed by atoms with E-state index in [9.17, 15) is 4.79 Å². The number of benzene rings is 1. The molecule has 24 heavy (non-hydrogen) atoms. The Hall–Kier alpha value is -2.15. The Morgan fingerprint density at radius 1 is 1.17 bits per heavy atom. The van der Waals surface area contributed by atoms with E-state index in [1.807, 2.05) is 25.1 Å². The Labute approximate surface area is 142 Å². The van der Waals surface area contributed by atoms with Crippen molar-refractivity contribution in [3.63, 3.8) is 0 Å². The van der Waals surface area contributed by atoms with Gasteiger partial charge in [-0.3, -0.25) is 4.79 Å². The van der Waals surface area contributed by atoms with Crippen molar-refractivity contribution in [2.75, 3.05) is 13.1 Å². The van der Waals surface area contributed by atoms with Crippen LogP contribution in [-0.4, -0.2) is 63.8 Å². The van der Waals surface area contributed by atoms with Gasteiger partial charge in [0.1, 0.15) is 0 Å². The summed E-state index contributed by atoms with van der Waals surface area (Å²) in [7, 11) is 2.15. The Kier molecular flexibility index (Phi) is 3.88. The first-order valence-electron chi connectivity index (χ1n) is 8.62. The molecule has 2 aliphatic rings. The van der Waals surface area contributed by atoms with Gasteiger partial charge < -0.3 is 9.71 Å². The van der Waals surface area contributed by atoms with E-state index in [1.54, 1.807) is 17.2 Å². The van der Waals surface area contributed by atoms with Crippen molar-refractivity contribution in [2.45, 2.75) is 38.3 Å². The van der Waals surface area contributed by atoms with E-state index >= 15 is 0 Å². The van der Waals surface area contributed by atoms with Gasteiger partial charge in [0.05, 0.1) is 23.6 Å². The number of nitrogens with zero attached hydrogens (tertiary/aromatic N) is 5. The molecule has 3 heterocycles. The molecule has 2 atom stereocenters. The molecular weight excluding hydrogens is 301 g/mol. The highest BCUT2D eigenvalue weighted by Crippen LogP contribution is 2.32. The molecule has 0 N–H and O–H groups in total. The van der Waals surface area contributed by atoms with Gasteiger partial charge in [-0.25, -0.2) is 0 Å². The summed E-state index contributed by atoms with van der Waals surface area (Å²) in [5.74, 6) is 0.119. The van der Waals surface area contributed by atoms with Crippen LogP contribution in [-0.2, 0) is 0 Å². The zero-order valence-electron chi connectivity index (χ0n) is 14.2. The third-order valence-electron chi connectivity index (χ3n) is 5.24. The number of carbonyl (C=O) groups is 1. The molecule has 2 saturated heterocycles. The zero-order valence-corrected chi connectivity index (χ0v) is 14.2. The number of carbonyl (C=O) groups excluding carboxylic acids is 1. The third kappa shape index (κ3) is 2.63. The van der Waals surface area contributed by atoms with Gasteiger partial charge in [-0.1, -0.05) is 11.6 Å². The van der Waals surface area contributed by atoms with Crippen molar-refractivity contribution >= 4 is 13.9 Å². The molecule has 0 saturated carbocycles. The normalized spacial score (nSPS) is 24.1. The molecule has 2 aromatic rings. The number of aryl methyl sites for hydroxylation is 1. The second-order valence-electron chi connectivity index (χ2n) is 6.99. The van der Waals surface area contributed by atoms with Crippen molar-refractivity contribution < 1.29 is 4.79 Å². The molecule has 2 fully saturated rings. The second-order valence-corrected chi connectivity index (χ2v) is 6.99. The molecule has 1 amide bonds. The van der Waals surface area contributed by atoms with Crippen LogP contribution in [0.15, 0.2) is 30.6 Å². The first kappa shape index (κ1) is 15.4. The Balaban J connectivity index is 1.73. The first-order chi connectivity index (χ1) is 11.6. The monoisotopic (exact) mass is 323 g/mol. The summed E-state index contributed by atoms with van der Waals surface area (Å²) >= 11 is 0. The molecule has 2 bridgehead atoms. The van der Waals surface area contributed by atoms with Gasteiger partial charge in [0.25, 0.3) is 5.91 Å². The summed E-state index contributed by atoms with van der Waals surface area (Å²) in [6.07, 6.45) is 6.55. The molecule has 0 aliphatic carbocycles.